The summed E-state index contributed by atoms with van der Waals surface area (Å²) in [5, 5.41) is 11.7. The second kappa shape index (κ2) is 9.42. The number of hydrogen-bond donors (Lipinski definition) is 1. The van der Waals surface area contributed by atoms with Gasteiger partial charge >= 0.3 is 0 Å². The molecule has 0 unspecified atom stereocenters. The van der Waals surface area contributed by atoms with E-state index in [1.165, 1.54) is 0 Å². The summed E-state index contributed by atoms with van der Waals surface area (Å²) in [5.41, 5.74) is 2.06. The molecule has 0 saturated heterocycles. The van der Waals surface area contributed by atoms with Gasteiger partial charge < -0.3 is 0 Å². The molecule has 0 radical (unpaired) electrons. The van der Waals surface area contributed by atoms with Crippen LogP contribution in [0, 0.1) is 6.92 Å². The van der Waals surface area contributed by atoms with Gasteiger partial charge in [0, 0.05) is 12.6 Å². The number of thioether (sulfide) groups is 1. The summed E-state index contributed by atoms with van der Waals surface area (Å²) in [7, 11) is -3.62. The lowest BCUT2D eigenvalue weighted by atomic mass is 10.1. The summed E-state index contributed by atoms with van der Waals surface area (Å²) in [6.45, 7) is 2.18. The highest BCUT2D eigenvalue weighted by atomic mass is 32.2. The predicted molar refractivity (Wildman–Crippen MR) is 133 cm³/mol. The van der Waals surface area contributed by atoms with Crippen LogP contribution < -0.4 is 4.72 Å². The molecule has 2 heterocycles. The molecule has 2 aromatic heterocycles. The molecule has 2 aromatic carbocycles. The maximum absolute atomic E-state index is 12.9. The fourth-order valence-electron chi connectivity index (χ4n) is 3.60. The lowest BCUT2D eigenvalue weighted by Gasteiger charge is -2.18. The summed E-state index contributed by atoms with van der Waals surface area (Å²) in [6.07, 6.45) is 2.22. The third-order valence-corrected chi connectivity index (χ3v) is 9.04. The number of aromatic nitrogens is 3. The van der Waals surface area contributed by atoms with Gasteiger partial charge in [-0.2, -0.15) is 0 Å². The van der Waals surface area contributed by atoms with E-state index < -0.39 is 10.0 Å². The SMILES string of the molecule is Cc1ccc(S(=O)(=O)NC[C@H](Sc2nnc(-c3cccs3)n2C2CC2)c2ccccc2)cc1. The van der Waals surface area contributed by atoms with E-state index in [9.17, 15) is 8.42 Å². The van der Waals surface area contributed by atoms with Crippen LogP contribution in [0.4, 0.5) is 0 Å². The Balaban J connectivity index is 1.42. The molecule has 1 aliphatic rings. The zero-order valence-corrected chi connectivity index (χ0v) is 20.5. The molecule has 5 rings (SSSR count). The predicted octanol–water partition coefficient (Wildman–Crippen LogP) is 5.46. The number of rotatable bonds is 9. The van der Waals surface area contributed by atoms with Crippen LogP contribution in [0.15, 0.2) is 82.2 Å². The number of hydrogen-bond acceptors (Lipinski definition) is 6. The van der Waals surface area contributed by atoms with Gasteiger partial charge in [0.25, 0.3) is 0 Å². The highest BCUT2D eigenvalue weighted by Crippen LogP contribution is 2.44. The Morgan fingerprint density at radius 1 is 1.06 bits per heavy atom. The topological polar surface area (TPSA) is 76.9 Å². The molecule has 170 valence electrons. The number of sulfonamides is 1. The number of nitrogens with zero attached hydrogens (tertiary/aromatic N) is 3. The molecule has 0 spiro atoms. The summed E-state index contributed by atoms with van der Waals surface area (Å²) in [4.78, 5) is 1.36. The Hall–Kier alpha value is -2.46. The average Bonchev–Trinajstić information content (AvgIpc) is 3.34. The second-order valence-electron chi connectivity index (χ2n) is 8.07. The van der Waals surface area contributed by atoms with Crippen LogP contribution in [0.2, 0.25) is 0 Å². The van der Waals surface area contributed by atoms with Crippen LogP contribution in [0.1, 0.15) is 35.3 Å². The van der Waals surface area contributed by atoms with Gasteiger partial charge in [0.1, 0.15) is 0 Å². The van der Waals surface area contributed by atoms with Gasteiger partial charge in [0.05, 0.1) is 15.0 Å². The number of thiophene rings is 1. The van der Waals surface area contributed by atoms with Crippen molar-refractivity contribution >= 4 is 33.1 Å². The Morgan fingerprint density at radius 3 is 2.48 bits per heavy atom. The largest absolute Gasteiger partial charge is 0.298 e. The van der Waals surface area contributed by atoms with Crippen molar-refractivity contribution in [2.24, 2.45) is 0 Å². The van der Waals surface area contributed by atoms with Crippen LogP contribution in [0.3, 0.4) is 0 Å². The van der Waals surface area contributed by atoms with E-state index in [1.807, 2.05) is 60.8 Å². The fraction of sp³-hybridized carbons (Fsp3) is 0.250. The van der Waals surface area contributed by atoms with Crippen LogP contribution >= 0.6 is 23.1 Å². The lowest BCUT2D eigenvalue weighted by Crippen LogP contribution is -2.28. The second-order valence-corrected chi connectivity index (χ2v) is 12.0. The zero-order valence-electron chi connectivity index (χ0n) is 18.1. The first-order valence-electron chi connectivity index (χ1n) is 10.8. The molecule has 0 amide bonds. The molecule has 6 nitrogen and oxygen atoms in total. The molecule has 4 aromatic rings. The van der Waals surface area contributed by atoms with Gasteiger partial charge in [-0.25, -0.2) is 13.1 Å². The van der Waals surface area contributed by atoms with Crippen LogP contribution in [-0.2, 0) is 10.0 Å². The van der Waals surface area contributed by atoms with Crippen LogP contribution in [0.5, 0.6) is 0 Å². The van der Waals surface area contributed by atoms with Gasteiger partial charge in [-0.3, -0.25) is 4.57 Å². The molecule has 1 atom stereocenters. The van der Waals surface area contributed by atoms with E-state index in [1.54, 1.807) is 35.2 Å². The van der Waals surface area contributed by atoms with Gasteiger partial charge in [-0.1, -0.05) is 65.9 Å². The third kappa shape index (κ3) is 5.06. The highest BCUT2D eigenvalue weighted by molar-refractivity contribution is 7.99. The van der Waals surface area contributed by atoms with Crippen LogP contribution in [-0.4, -0.2) is 29.7 Å². The third-order valence-electron chi connectivity index (χ3n) is 5.53. The molecular weight excluding hydrogens is 472 g/mol. The minimum Gasteiger partial charge on any atom is -0.298 e. The first-order chi connectivity index (χ1) is 16.0. The molecule has 1 aliphatic carbocycles. The van der Waals surface area contributed by atoms with E-state index in [2.05, 4.69) is 25.6 Å². The van der Waals surface area contributed by atoms with Crippen molar-refractivity contribution in [3.8, 4) is 10.7 Å². The number of nitrogens with one attached hydrogen (secondary N) is 1. The van der Waals surface area contributed by atoms with Crippen molar-refractivity contribution < 1.29 is 8.42 Å². The smallest absolute Gasteiger partial charge is 0.240 e. The molecule has 9 heteroatoms. The van der Waals surface area contributed by atoms with E-state index in [4.69, 9.17) is 0 Å². The maximum atomic E-state index is 12.9. The molecule has 1 N–H and O–H groups in total. The van der Waals surface area contributed by atoms with Crippen molar-refractivity contribution in [3.63, 3.8) is 0 Å². The average molecular weight is 497 g/mol. The summed E-state index contributed by atoms with van der Waals surface area (Å²) >= 11 is 3.21. The van der Waals surface area contributed by atoms with Gasteiger partial charge in [0.15, 0.2) is 11.0 Å². The molecule has 0 aliphatic heterocycles. The standard InChI is InChI=1S/C24H24N4O2S3/c1-17-9-13-20(14-10-17)33(29,30)25-16-22(18-6-3-2-4-7-18)32-24-27-26-23(21-8-5-15-31-21)28(24)19-11-12-19/h2-10,13-15,19,22,25H,11-12,16H2,1H3/t22-/m0/s1. The molecule has 1 fully saturated rings. The lowest BCUT2D eigenvalue weighted by molar-refractivity contribution is 0.581. The van der Waals surface area contributed by atoms with Crippen LogP contribution in [0.25, 0.3) is 10.7 Å². The first-order valence-corrected chi connectivity index (χ1v) is 14.0. The maximum Gasteiger partial charge on any atom is 0.240 e. The normalized spacial score (nSPS) is 14.9. The summed E-state index contributed by atoms with van der Waals surface area (Å²) < 4.78 is 30.9. The minimum atomic E-state index is -3.62. The molecule has 0 bridgehead atoms. The summed E-state index contributed by atoms with van der Waals surface area (Å²) in [6, 6.07) is 21.3. The highest BCUT2D eigenvalue weighted by Gasteiger charge is 2.32. The van der Waals surface area contributed by atoms with Crippen molar-refractivity contribution in [2.45, 2.75) is 41.1 Å². The van der Waals surface area contributed by atoms with Crippen molar-refractivity contribution in [1.82, 2.24) is 19.5 Å². The number of aryl methyl sites for hydroxylation is 1. The number of benzene rings is 2. The van der Waals surface area contributed by atoms with Gasteiger partial charge in [0.2, 0.25) is 10.0 Å². The van der Waals surface area contributed by atoms with E-state index >= 15 is 0 Å². The molecule has 1 saturated carbocycles. The molecule has 33 heavy (non-hydrogen) atoms. The monoisotopic (exact) mass is 496 g/mol. The van der Waals surface area contributed by atoms with Crippen molar-refractivity contribution in [1.29, 1.82) is 0 Å². The van der Waals surface area contributed by atoms with Crippen molar-refractivity contribution in [2.75, 3.05) is 6.54 Å². The summed E-state index contributed by atoms with van der Waals surface area (Å²) in [5.74, 6) is 0.891. The van der Waals surface area contributed by atoms with Crippen molar-refractivity contribution in [3.05, 3.63) is 83.2 Å². The van der Waals surface area contributed by atoms with E-state index in [0.29, 0.717) is 6.04 Å². The fourth-order valence-corrected chi connectivity index (χ4v) is 6.61. The van der Waals surface area contributed by atoms with Gasteiger partial charge in [-0.05, 0) is 48.9 Å². The zero-order chi connectivity index (χ0) is 22.8. The molecular formula is C24H24N4O2S3. The van der Waals surface area contributed by atoms with E-state index in [0.717, 1.165) is 39.8 Å². The van der Waals surface area contributed by atoms with Gasteiger partial charge in [-0.15, -0.1) is 21.5 Å². The Morgan fingerprint density at radius 2 is 1.82 bits per heavy atom. The quantitative estimate of drug-likeness (QED) is 0.311. The first kappa shape index (κ1) is 22.3. The Kier molecular flexibility index (Phi) is 6.38. The van der Waals surface area contributed by atoms with E-state index in [-0.39, 0.29) is 16.7 Å². The Labute approximate surface area is 202 Å². The Bertz CT molecular complexity index is 1310. The minimum absolute atomic E-state index is 0.149.